The van der Waals surface area contributed by atoms with E-state index in [0.717, 1.165) is 36.4 Å². The van der Waals surface area contributed by atoms with Gasteiger partial charge in [0, 0.05) is 0 Å². The van der Waals surface area contributed by atoms with Crippen molar-refractivity contribution in [3.8, 4) is 0 Å². The number of amides is 1. The first-order chi connectivity index (χ1) is 13.4. The van der Waals surface area contributed by atoms with Gasteiger partial charge in [-0.1, -0.05) is 24.3 Å². The normalized spacial score (nSPS) is 14.4. The first kappa shape index (κ1) is 22.8. The minimum absolute atomic E-state index is 0.195. The molecule has 11 heteroatoms. The summed E-state index contributed by atoms with van der Waals surface area (Å²) in [5.74, 6) is -4.28. The van der Waals surface area contributed by atoms with Crippen LogP contribution in [0.3, 0.4) is 0 Å². The third-order valence-corrected chi connectivity index (χ3v) is 5.58. The lowest BCUT2D eigenvalue weighted by molar-refractivity contribution is -0.160. The Morgan fingerprint density at radius 1 is 0.966 bits per heavy atom. The standard InChI is InChI=1S/C18H17F5N2O3S/c19-13-5-1-11(2-6-13)9-29(27,28)10-15(17(24)26)25-16(18(21,22)23)12-3-7-14(20)8-4-12/h1-8,15-16,25H,9-10H2,(H2,24,26)/t15-,16-/m0/s1. The molecule has 5 nitrogen and oxygen atoms in total. The molecule has 2 atom stereocenters. The summed E-state index contributed by atoms with van der Waals surface area (Å²) in [6.45, 7) is 0. The number of carbonyl (C=O) groups excluding carboxylic acids is 1. The van der Waals surface area contributed by atoms with Gasteiger partial charge < -0.3 is 5.73 Å². The van der Waals surface area contributed by atoms with Crippen LogP contribution in [0, 0.1) is 11.6 Å². The fraction of sp³-hybridized carbons (Fsp3) is 0.278. The molecule has 0 saturated heterocycles. The Bertz CT molecular complexity index is 945. The van der Waals surface area contributed by atoms with Gasteiger partial charge in [0.05, 0.1) is 11.5 Å². The molecule has 2 aromatic carbocycles. The van der Waals surface area contributed by atoms with Crippen LogP contribution in [-0.4, -0.2) is 32.3 Å². The second-order valence-corrected chi connectivity index (χ2v) is 8.44. The molecule has 2 aromatic rings. The van der Waals surface area contributed by atoms with Crippen LogP contribution in [0.4, 0.5) is 22.0 Å². The number of benzene rings is 2. The molecule has 29 heavy (non-hydrogen) atoms. The van der Waals surface area contributed by atoms with Crippen LogP contribution in [-0.2, 0) is 20.4 Å². The molecule has 0 heterocycles. The van der Waals surface area contributed by atoms with E-state index in [-0.39, 0.29) is 5.56 Å². The zero-order chi connectivity index (χ0) is 21.8. The number of alkyl halides is 3. The van der Waals surface area contributed by atoms with Crippen molar-refractivity contribution in [2.75, 3.05) is 5.75 Å². The van der Waals surface area contributed by atoms with Crippen molar-refractivity contribution in [2.45, 2.75) is 24.0 Å². The molecule has 0 saturated carbocycles. The zero-order valence-electron chi connectivity index (χ0n) is 14.8. The van der Waals surface area contributed by atoms with Crippen molar-refractivity contribution in [3.05, 3.63) is 71.3 Å². The summed E-state index contributed by atoms with van der Waals surface area (Å²) in [6, 6.07) is 3.51. The van der Waals surface area contributed by atoms with Crippen molar-refractivity contribution in [1.82, 2.24) is 5.32 Å². The summed E-state index contributed by atoms with van der Waals surface area (Å²) in [7, 11) is -4.08. The molecule has 0 unspecified atom stereocenters. The lowest BCUT2D eigenvalue weighted by Gasteiger charge is -2.26. The minimum atomic E-state index is -4.91. The van der Waals surface area contributed by atoms with Crippen LogP contribution in [0.25, 0.3) is 0 Å². The highest BCUT2D eigenvalue weighted by Crippen LogP contribution is 2.33. The van der Waals surface area contributed by atoms with Crippen LogP contribution in [0.15, 0.2) is 48.5 Å². The van der Waals surface area contributed by atoms with Gasteiger partial charge >= 0.3 is 6.18 Å². The first-order valence-electron chi connectivity index (χ1n) is 8.20. The van der Waals surface area contributed by atoms with Crippen molar-refractivity contribution in [2.24, 2.45) is 5.73 Å². The zero-order valence-corrected chi connectivity index (χ0v) is 15.6. The molecule has 0 fully saturated rings. The van der Waals surface area contributed by atoms with Crippen LogP contribution < -0.4 is 11.1 Å². The summed E-state index contributed by atoms with van der Waals surface area (Å²) in [5, 5.41) is 1.92. The van der Waals surface area contributed by atoms with Gasteiger partial charge in [0.1, 0.15) is 23.7 Å². The molecular formula is C18H17F5N2O3S. The molecule has 0 spiro atoms. The molecule has 2 rings (SSSR count). The smallest absolute Gasteiger partial charge is 0.368 e. The molecule has 0 aliphatic rings. The lowest BCUT2D eigenvalue weighted by Crippen LogP contribution is -2.50. The molecule has 0 aromatic heterocycles. The Hall–Kier alpha value is -2.53. The number of nitrogens with one attached hydrogen (secondary N) is 1. The van der Waals surface area contributed by atoms with Crippen LogP contribution >= 0.6 is 0 Å². The topological polar surface area (TPSA) is 89.3 Å². The predicted molar refractivity (Wildman–Crippen MR) is 95.2 cm³/mol. The van der Waals surface area contributed by atoms with Gasteiger partial charge in [-0.25, -0.2) is 17.2 Å². The van der Waals surface area contributed by atoms with Crippen LogP contribution in [0.5, 0.6) is 0 Å². The van der Waals surface area contributed by atoms with E-state index in [1.165, 1.54) is 12.1 Å². The Balaban J connectivity index is 2.23. The largest absolute Gasteiger partial charge is 0.407 e. The maximum absolute atomic E-state index is 13.5. The summed E-state index contributed by atoms with van der Waals surface area (Å²) < 4.78 is 91.0. The van der Waals surface area contributed by atoms with E-state index in [1.807, 2.05) is 5.32 Å². The van der Waals surface area contributed by atoms with Crippen LogP contribution in [0.2, 0.25) is 0 Å². The molecule has 0 aliphatic carbocycles. The maximum Gasteiger partial charge on any atom is 0.407 e. The van der Waals surface area contributed by atoms with Crippen molar-refractivity contribution >= 4 is 15.7 Å². The van der Waals surface area contributed by atoms with E-state index in [9.17, 15) is 35.2 Å². The number of primary amides is 1. The van der Waals surface area contributed by atoms with E-state index in [1.54, 1.807) is 0 Å². The van der Waals surface area contributed by atoms with Crippen LogP contribution in [0.1, 0.15) is 17.2 Å². The second kappa shape index (κ2) is 8.87. The summed E-state index contributed by atoms with van der Waals surface area (Å²) in [5.41, 5.74) is 4.89. The van der Waals surface area contributed by atoms with Crippen molar-refractivity contribution in [3.63, 3.8) is 0 Å². The summed E-state index contributed by atoms with van der Waals surface area (Å²) >= 11 is 0. The highest BCUT2D eigenvalue weighted by molar-refractivity contribution is 7.90. The number of halogens is 5. The number of rotatable bonds is 8. The van der Waals surface area contributed by atoms with E-state index >= 15 is 0 Å². The van der Waals surface area contributed by atoms with E-state index in [4.69, 9.17) is 5.73 Å². The number of carbonyl (C=O) groups is 1. The molecule has 3 N–H and O–H groups in total. The number of hydrogen-bond acceptors (Lipinski definition) is 4. The monoisotopic (exact) mass is 436 g/mol. The molecule has 0 radical (unpaired) electrons. The molecule has 158 valence electrons. The van der Waals surface area contributed by atoms with Crippen molar-refractivity contribution < 1.29 is 35.2 Å². The summed E-state index contributed by atoms with van der Waals surface area (Å²) in [6.07, 6.45) is -4.91. The van der Waals surface area contributed by atoms with E-state index in [0.29, 0.717) is 0 Å². The fourth-order valence-corrected chi connectivity index (χ4v) is 4.18. The van der Waals surface area contributed by atoms with Crippen molar-refractivity contribution in [1.29, 1.82) is 0 Å². The fourth-order valence-electron chi connectivity index (χ4n) is 2.60. The molecule has 1 amide bonds. The quantitative estimate of drug-likeness (QED) is 0.623. The highest BCUT2D eigenvalue weighted by Gasteiger charge is 2.43. The molecular weight excluding hydrogens is 419 g/mol. The predicted octanol–water partition coefficient (Wildman–Crippen LogP) is 2.63. The van der Waals surface area contributed by atoms with Gasteiger partial charge in [0.15, 0.2) is 9.84 Å². The number of sulfone groups is 1. The number of hydrogen-bond donors (Lipinski definition) is 2. The highest BCUT2D eigenvalue weighted by atomic mass is 32.2. The van der Waals surface area contributed by atoms with Gasteiger partial charge in [-0.05, 0) is 35.4 Å². The Labute approximate surface area is 163 Å². The van der Waals surface area contributed by atoms with Gasteiger partial charge in [0.25, 0.3) is 0 Å². The minimum Gasteiger partial charge on any atom is -0.368 e. The Morgan fingerprint density at radius 2 is 1.45 bits per heavy atom. The molecule has 0 aliphatic heterocycles. The SMILES string of the molecule is NC(=O)[C@H](CS(=O)(=O)Cc1ccc(F)cc1)N[C@@H](c1ccc(F)cc1)C(F)(F)F. The Morgan fingerprint density at radius 3 is 1.90 bits per heavy atom. The Kier molecular flexibility index (Phi) is 6.96. The maximum atomic E-state index is 13.5. The van der Waals surface area contributed by atoms with E-state index < -0.39 is 62.7 Å². The van der Waals surface area contributed by atoms with E-state index in [2.05, 4.69) is 0 Å². The van der Waals surface area contributed by atoms with Gasteiger partial charge in [0.2, 0.25) is 5.91 Å². The van der Waals surface area contributed by atoms with Gasteiger partial charge in [-0.3, -0.25) is 10.1 Å². The third-order valence-electron chi connectivity index (χ3n) is 3.96. The van der Waals surface area contributed by atoms with Gasteiger partial charge in [-0.15, -0.1) is 0 Å². The average Bonchev–Trinajstić information content (AvgIpc) is 2.60. The third kappa shape index (κ3) is 6.79. The number of nitrogens with two attached hydrogens (primary N) is 1. The summed E-state index contributed by atoms with van der Waals surface area (Å²) in [4.78, 5) is 11.6. The second-order valence-electron chi connectivity index (χ2n) is 6.33. The molecule has 0 bridgehead atoms. The first-order valence-corrected chi connectivity index (χ1v) is 10.0. The van der Waals surface area contributed by atoms with Gasteiger partial charge in [-0.2, -0.15) is 13.2 Å². The lowest BCUT2D eigenvalue weighted by atomic mass is 10.1. The average molecular weight is 436 g/mol.